The number of Topliss-reactive ketones (excluding diaryl/α,β-unsaturated/α-hetero) is 1. The maximum absolute atomic E-state index is 11.5. The van der Waals surface area contributed by atoms with Gasteiger partial charge in [-0.05, 0) is 24.3 Å². The first kappa shape index (κ1) is 13.6. The first-order chi connectivity index (χ1) is 8.52. The minimum Gasteiger partial charge on any atom is -0.481 e. The van der Waals surface area contributed by atoms with Crippen molar-refractivity contribution in [3.63, 3.8) is 0 Å². The van der Waals surface area contributed by atoms with Crippen LogP contribution in [0.1, 0.15) is 23.2 Å². The van der Waals surface area contributed by atoms with Gasteiger partial charge in [0.2, 0.25) is 6.29 Å². The van der Waals surface area contributed by atoms with Crippen molar-refractivity contribution in [1.29, 1.82) is 0 Å². The standard InChI is InChI=1S/C12H11NO5/c14-7-11(16)13-9-3-1-8(2-4-9)10(15)5-6-12(17)18/h1-4,7H,5-6H2,(H,13,16)(H,17,18). The van der Waals surface area contributed by atoms with Crippen molar-refractivity contribution in [3.05, 3.63) is 29.8 Å². The molecule has 6 heteroatoms. The highest BCUT2D eigenvalue weighted by molar-refractivity contribution is 6.29. The molecule has 0 saturated carbocycles. The van der Waals surface area contributed by atoms with Crippen LogP contribution in [0, 0.1) is 0 Å². The normalized spacial score (nSPS) is 9.56. The molecule has 0 saturated heterocycles. The number of amides is 1. The summed E-state index contributed by atoms with van der Waals surface area (Å²) >= 11 is 0. The summed E-state index contributed by atoms with van der Waals surface area (Å²) in [6.45, 7) is 0. The van der Waals surface area contributed by atoms with Gasteiger partial charge in [-0.2, -0.15) is 0 Å². The molecule has 0 bridgehead atoms. The third kappa shape index (κ3) is 4.17. The Hall–Kier alpha value is -2.50. The number of rotatable bonds is 6. The van der Waals surface area contributed by atoms with E-state index in [0.717, 1.165) is 0 Å². The Balaban J connectivity index is 2.64. The molecule has 0 aliphatic carbocycles. The Morgan fingerprint density at radius 2 is 1.72 bits per heavy atom. The zero-order chi connectivity index (χ0) is 13.5. The number of aldehydes is 1. The van der Waals surface area contributed by atoms with E-state index in [9.17, 15) is 19.2 Å². The van der Waals surface area contributed by atoms with Gasteiger partial charge in [-0.1, -0.05) is 0 Å². The fourth-order valence-electron chi connectivity index (χ4n) is 1.28. The summed E-state index contributed by atoms with van der Waals surface area (Å²) < 4.78 is 0. The van der Waals surface area contributed by atoms with Gasteiger partial charge in [0.15, 0.2) is 5.78 Å². The zero-order valence-corrected chi connectivity index (χ0v) is 9.38. The Bertz CT molecular complexity index is 478. The molecule has 1 aromatic carbocycles. The summed E-state index contributed by atoms with van der Waals surface area (Å²) in [5.74, 6) is -2.09. The highest BCUT2D eigenvalue weighted by atomic mass is 16.4. The zero-order valence-electron chi connectivity index (χ0n) is 9.38. The van der Waals surface area contributed by atoms with Gasteiger partial charge in [-0.15, -0.1) is 0 Å². The second-order valence-electron chi connectivity index (χ2n) is 3.50. The fraction of sp³-hybridized carbons (Fsp3) is 0.167. The number of nitrogens with one attached hydrogen (secondary N) is 1. The molecule has 1 aromatic rings. The maximum atomic E-state index is 11.5. The van der Waals surface area contributed by atoms with Gasteiger partial charge in [0.1, 0.15) is 0 Å². The molecule has 0 fully saturated rings. The number of carboxylic acid groups (broad SMARTS) is 1. The third-order valence-electron chi connectivity index (χ3n) is 2.15. The van der Waals surface area contributed by atoms with Gasteiger partial charge in [-0.25, -0.2) is 0 Å². The molecule has 1 amide bonds. The van der Waals surface area contributed by atoms with Crippen LogP contribution in [0.2, 0.25) is 0 Å². The van der Waals surface area contributed by atoms with E-state index in [1.807, 2.05) is 0 Å². The lowest BCUT2D eigenvalue weighted by Crippen LogP contribution is -2.12. The summed E-state index contributed by atoms with van der Waals surface area (Å²) in [5.41, 5.74) is 0.752. The number of anilines is 1. The van der Waals surface area contributed by atoms with Crippen molar-refractivity contribution in [2.24, 2.45) is 0 Å². The minimum atomic E-state index is -1.03. The largest absolute Gasteiger partial charge is 0.481 e. The fourth-order valence-corrected chi connectivity index (χ4v) is 1.28. The summed E-state index contributed by atoms with van der Waals surface area (Å²) in [5, 5.41) is 10.7. The lowest BCUT2D eigenvalue weighted by atomic mass is 10.1. The number of carboxylic acids is 1. The molecule has 0 atom stereocenters. The quantitative estimate of drug-likeness (QED) is 0.442. The van der Waals surface area contributed by atoms with Crippen LogP contribution >= 0.6 is 0 Å². The second-order valence-corrected chi connectivity index (χ2v) is 3.50. The van der Waals surface area contributed by atoms with Crippen molar-refractivity contribution in [2.75, 3.05) is 5.32 Å². The topological polar surface area (TPSA) is 101 Å². The summed E-state index contributed by atoms with van der Waals surface area (Å²) in [6.07, 6.45) is -0.149. The van der Waals surface area contributed by atoms with Gasteiger partial charge in [0, 0.05) is 17.7 Å². The highest BCUT2D eigenvalue weighted by Gasteiger charge is 2.08. The number of hydrogen-bond acceptors (Lipinski definition) is 4. The van der Waals surface area contributed by atoms with Crippen LogP contribution in [-0.2, 0) is 14.4 Å². The predicted molar refractivity (Wildman–Crippen MR) is 62.3 cm³/mol. The lowest BCUT2D eigenvalue weighted by molar-refractivity contribution is -0.136. The van der Waals surface area contributed by atoms with Gasteiger partial charge in [-0.3, -0.25) is 19.2 Å². The van der Waals surface area contributed by atoms with Crippen molar-refractivity contribution in [1.82, 2.24) is 0 Å². The second kappa shape index (κ2) is 6.29. The van der Waals surface area contributed by atoms with E-state index in [1.54, 1.807) is 0 Å². The van der Waals surface area contributed by atoms with Crippen LogP contribution in [0.25, 0.3) is 0 Å². The molecule has 0 radical (unpaired) electrons. The Labute approximate surface area is 103 Å². The van der Waals surface area contributed by atoms with E-state index in [2.05, 4.69) is 5.32 Å². The van der Waals surface area contributed by atoms with E-state index in [4.69, 9.17) is 5.11 Å². The van der Waals surface area contributed by atoms with Gasteiger partial charge < -0.3 is 10.4 Å². The Kier molecular flexibility index (Phi) is 4.74. The van der Waals surface area contributed by atoms with Crippen LogP contribution in [0.5, 0.6) is 0 Å². The molecule has 6 nitrogen and oxygen atoms in total. The summed E-state index contributed by atoms with van der Waals surface area (Å²) in [6, 6.07) is 5.86. The molecular weight excluding hydrogens is 238 g/mol. The predicted octanol–water partition coefficient (Wildman–Crippen LogP) is 0.871. The smallest absolute Gasteiger partial charge is 0.303 e. The molecule has 18 heavy (non-hydrogen) atoms. The highest BCUT2D eigenvalue weighted by Crippen LogP contribution is 2.11. The first-order valence-electron chi connectivity index (χ1n) is 5.14. The average molecular weight is 249 g/mol. The van der Waals surface area contributed by atoms with Crippen molar-refractivity contribution >= 4 is 29.6 Å². The van der Waals surface area contributed by atoms with E-state index in [0.29, 0.717) is 11.3 Å². The van der Waals surface area contributed by atoms with Crippen LogP contribution in [0.15, 0.2) is 24.3 Å². The first-order valence-corrected chi connectivity index (χ1v) is 5.14. The number of ketones is 1. The van der Waals surface area contributed by atoms with Crippen LogP contribution in [0.3, 0.4) is 0 Å². The van der Waals surface area contributed by atoms with Crippen molar-refractivity contribution in [2.45, 2.75) is 12.8 Å². The molecule has 0 aliphatic rings. The molecular formula is C12H11NO5. The molecule has 0 aromatic heterocycles. The SMILES string of the molecule is O=CC(=O)Nc1ccc(C(=O)CCC(=O)O)cc1. The summed E-state index contributed by atoms with van der Waals surface area (Å²) in [7, 11) is 0. The molecule has 0 heterocycles. The van der Waals surface area contributed by atoms with E-state index >= 15 is 0 Å². The van der Waals surface area contributed by atoms with Gasteiger partial charge in [0.05, 0.1) is 6.42 Å². The lowest BCUT2D eigenvalue weighted by Gasteiger charge is -2.03. The number of carbonyl (C=O) groups is 4. The van der Waals surface area contributed by atoms with E-state index in [1.165, 1.54) is 24.3 Å². The monoisotopic (exact) mass is 249 g/mol. The van der Waals surface area contributed by atoms with Crippen molar-refractivity contribution < 1.29 is 24.3 Å². The number of hydrogen-bond donors (Lipinski definition) is 2. The number of aliphatic carboxylic acids is 1. The third-order valence-corrected chi connectivity index (χ3v) is 2.15. The molecule has 2 N–H and O–H groups in total. The van der Waals surface area contributed by atoms with Crippen LogP contribution < -0.4 is 5.32 Å². The molecule has 1 rings (SSSR count). The summed E-state index contributed by atoms with van der Waals surface area (Å²) in [4.78, 5) is 42.7. The van der Waals surface area contributed by atoms with Gasteiger partial charge >= 0.3 is 5.97 Å². The Morgan fingerprint density at radius 3 is 2.22 bits per heavy atom. The average Bonchev–Trinajstić information content (AvgIpc) is 2.36. The number of carbonyl (C=O) groups excluding carboxylic acids is 3. The minimum absolute atomic E-state index is 0.0740. The van der Waals surface area contributed by atoms with Crippen molar-refractivity contribution in [3.8, 4) is 0 Å². The molecule has 94 valence electrons. The maximum Gasteiger partial charge on any atom is 0.303 e. The van der Waals surface area contributed by atoms with E-state index < -0.39 is 11.9 Å². The van der Waals surface area contributed by atoms with Gasteiger partial charge in [0.25, 0.3) is 5.91 Å². The molecule has 0 aliphatic heterocycles. The van der Waals surface area contributed by atoms with Crippen LogP contribution in [0.4, 0.5) is 5.69 Å². The van der Waals surface area contributed by atoms with Crippen LogP contribution in [-0.4, -0.2) is 29.1 Å². The number of benzene rings is 1. The Morgan fingerprint density at radius 1 is 1.11 bits per heavy atom. The molecule has 0 spiro atoms. The molecule has 0 unspecified atom stereocenters. The van der Waals surface area contributed by atoms with E-state index in [-0.39, 0.29) is 24.9 Å².